The van der Waals surface area contributed by atoms with E-state index in [4.69, 9.17) is 0 Å². The molecule has 0 atom stereocenters. The summed E-state index contributed by atoms with van der Waals surface area (Å²) in [6.45, 7) is 3.09. The summed E-state index contributed by atoms with van der Waals surface area (Å²) in [5.74, 6) is 1.06. The van der Waals surface area contributed by atoms with E-state index >= 15 is 0 Å². The van der Waals surface area contributed by atoms with Gasteiger partial charge in [-0.1, -0.05) is 19.3 Å². The maximum atomic E-state index is 4.45. The van der Waals surface area contributed by atoms with Crippen molar-refractivity contribution in [1.82, 2.24) is 4.98 Å². The predicted octanol–water partition coefficient (Wildman–Crippen LogP) is 4.08. The third kappa shape index (κ3) is 4.23. The van der Waals surface area contributed by atoms with E-state index in [9.17, 15) is 0 Å². The maximum absolute atomic E-state index is 4.45. The first kappa shape index (κ1) is 12.7. The second-order valence-electron chi connectivity index (χ2n) is 4.64. The number of rotatable bonds is 5. The van der Waals surface area contributed by atoms with E-state index in [1.54, 1.807) is 0 Å². The predicted molar refractivity (Wildman–Crippen MR) is 76.6 cm³/mol. The zero-order valence-electron chi connectivity index (χ0n) is 10.6. The number of nitrogens with zero attached hydrogens (tertiary/aromatic N) is 1. The Kier molecular flexibility index (Phi) is 5.17. The number of hydrogen-bond donors (Lipinski definition) is 1. The molecule has 2 nitrogen and oxygen atoms in total. The lowest BCUT2D eigenvalue weighted by Crippen LogP contribution is -2.08. The molecule has 1 N–H and O–H groups in total. The molecule has 17 heavy (non-hydrogen) atoms. The fraction of sp³-hybridized carbons (Fsp3) is 0.643. The number of anilines is 1. The second-order valence-corrected chi connectivity index (χ2v) is 5.93. The Morgan fingerprint density at radius 3 is 2.94 bits per heavy atom. The summed E-state index contributed by atoms with van der Waals surface area (Å²) >= 11 is 2.09. The minimum Gasteiger partial charge on any atom is -0.385 e. The fourth-order valence-electron chi connectivity index (χ4n) is 2.31. The van der Waals surface area contributed by atoms with Crippen molar-refractivity contribution >= 4 is 17.4 Å². The summed E-state index contributed by atoms with van der Waals surface area (Å²) in [6, 6.07) is 4.22. The van der Waals surface area contributed by atoms with Crippen LogP contribution in [0.4, 0.5) is 5.69 Å². The van der Waals surface area contributed by atoms with Gasteiger partial charge in [0.1, 0.15) is 0 Å². The lowest BCUT2D eigenvalue weighted by Gasteiger charge is -2.20. The van der Waals surface area contributed by atoms with Gasteiger partial charge in [0, 0.05) is 29.4 Å². The van der Waals surface area contributed by atoms with Crippen LogP contribution in [0, 0.1) is 0 Å². The Morgan fingerprint density at radius 2 is 2.18 bits per heavy atom. The van der Waals surface area contributed by atoms with E-state index in [2.05, 4.69) is 35.1 Å². The van der Waals surface area contributed by atoms with Crippen LogP contribution in [0.1, 0.15) is 44.7 Å². The molecule has 94 valence electrons. The van der Waals surface area contributed by atoms with Crippen LogP contribution in [-0.2, 0) is 5.75 Å². The van der Waals surface area contributed by atoms with Gasteiger partial charge in [-0.15, -0.1) is 0 Å². The molecule has 1 heterocycles. The minimum atomic E-state index is 0.869. The summed E-state index contributed by atoms with van der Waals surface area (Å²) in [6.07, 6.45) is 8.99. The van der Waals surface area contributed by atoms with Crippen molar-refractivity contribution in [2.75, 3.05) is 11.9 Å². The molecular weight excluding hydrogens is 228 g/mol. The van der Waals surface area contributed by atoms with Crippen molar-refractivity contribution in [1.29, 1.82) is 0 Å². The van der Waals surface area contributed by atoms with E-state index in [0.29, 0.717) is 0 Å². The monoisotopic (exact) mass is 250 g/mol. The van der Waals surface area contributed by atoms with Gasteiger partial charge in [0.15, 0.2) is 0 Å². The number of pyridine rings is 1. The van der Waals surface area contributed by atoms with Gasteiger partial charge >= 0.3 is 0 Å². The van der Waals surface area contributed by atoms with Crippen molar-refractivity contribution in [3.63, 3.8) is 0 Å². The molecule has 0 unspecified atom stereocenters. The van der Waals surface area contributed by atoms with Crippen LogP contribution in [0.5, 0.6) is 0 Å². The molecule has 1 saturated carbocycles. The van der Waals surface area contributed by atoms with E-state index < -0.39 is 0 Å². The Balaban J connectivity index is 1.83. The molecule has 0 amide bonds. The molecule has 1 aliphatic carbocycles. The highest BCUT2D eigenvalue weighted by molar-refractivity contribution is 7.99. The molecule has 0 spiro atoms. The molecule has 0 bridgehead atoms. The minimum absolute atomic E-state index is 0.869. The topological polar surface area (TPSA) is 24.9 Å². The first-order chi connectivity index (χ1) is 8.38. The van der Waals surface area contributed by atoms with E-state index in [0.717, 1.165) is 17.5 Å². The third-order valence-corrected chi connectivity index (χ3v) is 4.62. The molecule has 2 rings (SSSR count). The van der Waals surface area contributed by atoms with Gasteiger partial charge in [0.2, 0.25) is 0 Å². The van der Waals surface area contributed by atoms with Gasteiger partial charge < -0.3 is 5.32 Å². The number of thioether (sulfide) groups is 1. The molecule has 1 aromatic rings. The van der Waals surface area contributed by atoms with E-state index in [1.807, 2.05) is 12.3 Å². The van der Waals surface area contributed by atoms with Crippen molar-refractivity contribution in [2.24, 2.45) is 0 Å². The number of hydrogen-bond acceptors (Lipinski definition) is 3. The maximum Gasteiger partial charge on any atom is 0.0523 e. The van der Waals surface area contributed by atoms with Gasteiger partial charge in [0.05, 0.1) is 5.69 Å². The highest BCUT2D eigenvalue weighted by Gasteiger charge is 2.13. The lowest BCUT2D eigenvalue weighted by molar-refractivity contribution is 0.516. The standard InChI is InChI=1S/C14H22N2S/c1-2-15-12-8-9-16-13(10-12)11-17-14-6-4-3-5-7-14/h8-10,14H,2-7,11H2,1H3,(H,15,16). The van der Waals surface area contributed by atoms with Crippen LogP contribution < -0.4 is 5.32 Å². The third-order valence-electron chi connectivity index (χ3n) is 3.22. The van der Waals surface area contributed by atoms with Crippen LogP contribution >= 0.6 is 11.8 Å². The quantitative estimate of drug-likeness (QED) is 0.852. The van der Waals surface area contributed by atoms with Gasteiger partial charge in [-0.05, 0) is 31.9 Å². The highest BCUT2D eigenvalue weighted by atomic mass is 32.2. The molecule has 0 aliphatic heterocycles. The summed E-state index contributed by atoms with van der Waals surface area (Å²) in [4.78, 5) is 4.45. The summed E-state index contributed by atoms with van der Waals surface area (Å²) < 4.78 is 0. The van der Waals surface area contributed by atoms with Crippen LogP contribution in [0.15, 0.2) is 18.3 Å². The molecular formula is C14H22N2S. The zero-order chi connectivity index (χ0) is 11.9. The summed E-state index contributed by atoms with van der Waals surface area (Å²) in [7, 11) is 0. The Bertz CT molecular complexity index is 335. The molecule has 0 aromatic carbocycles. The Hall–Kier alpha value is -0.700. The van der Waals surface area contributed by atoms with Crippen LogP contribution in [-0.4, -0.2) is 16.8 Å². The fourth-order valence-corrected chi connectivity index (χ4v) is 3.54. The van der Waals surface area contributed by atoms with Crippen molar-refractivity contribution < 1.29 is 0 Å². The Morgan fingerprint density at radius 1 is 1.35 bits per heavy atom. The van der Waals surface area contributed by atoms with E-state index in [-0.39, 0.29) is 0 Å². The lowest BCUT2D eigenvalue weighted by atomic mass is 10.0. The van der Waals surface area contributed by atoms with E-state index in [1.165, 1.54) is 43.5 Å². The molecule has 1 fully saturated rings. The first-order valence-electron chi connectivity index (χ1n) is 6.69. The molecule has 1 aromatic heterocycles. The van der Waals surface area contributed by atoms with Crippen LogP contribution in [0.2, 0.25) is 0 Å². The number of aromatic nitrogens is 1. The summed E-state index contributed by atoms with van der Waals surface area (Å²) in [5.41, 5.74) is 2.40. The van der Waals surface area contributed by atoms with Crippen molar-refractivity contribution in [3.8, 4) is 0 Å². The zero-order valence-corrected chi connectivity index (χ0v) is 11.4. The molecule has 0 saturated heterocycles. The molecule has 3 heteroatoms. The second kappa shape index (κ2) is 6.90. The number of nitrogens with one attached hydrogen (secondary N) is 1. The first-order valence-corrected chi connectivity index (χ1v) is 7.74. The molecule has 1 aliphatic rings. The van der Waals surface area contributed by atoms with Gasteiger partial charge in [-0.25, -0.2) is 0 Å². The van der Waals surface area contributed by atoms with Gasteiger partial charge in [-0.2, -0.15) is 11.8 Å². The van der Waals surface area contributed by atoms with Crippen molar-refractivity contribution in [3.05, 3.63) is 24.0 Å². The summed E-state index contributed by atoms with van der Waals surface area (Å²) in [5, 5.41) is 4.21. The normalized spacial score (nSPS) is 17.0. The Labute approximate surface area is 109 Å². The highest BCUT2D eigenvalue weighted by Crippen LogP contribution is 2.30. The van der Waals surface area contributed by atoms with Gasteiger partial charge in [0.25, 0.3) is 0 Å². The molecule has 0 radical (unpaired) electrons. The van der Waals surface area contributed by atoms with Gasteiger partial charge in [-0.3, -0.25) is 4.98 Å². The average molecular weight is 250 g/mol. The smallest absolute Gasteiger partial charge is 0.0523 e. The largest absolute Gasteiger partial charge is 0.385 e. The van der Waals surface area contributed by atoms with Crippen LogP contribution in [0.3, 0.4) is 0 Å². The SMILES string of the molecule is CCNc1ccnc(CSC2CCCCC2)c1. The van der Waals surface area contributed by atoms with Crippen molar-refractivity contribution in [2.45, 2.75) is 50.0 Å². The average Bonchev–Trinajstić information content (AvgIpc) is 2.39. The van der Waals surface area contributed by atoms with Crippen LogP contribution in [0.25, 0.3) is 0 Å².